The monoisotopic (exact) mass is 310 g/mol. The van der Waals surface area contributed by atoms with Crippen LogP contribution in [0.25, 0.3) is 0 Å². The Hall–Kier alpha value is -1.59. The number of esters is 1. The molecule has 0 aliphatic heterocycles. The number of hydrogen-bond acceptors (Lipinski definition) is 5. The number of methoxy groups -OCH3 is 1. The van der Waals surface area contributed by atoms with E-state index in [-0.39, 0.29) is 12.6 Å². The molecule has 0 spiro atoms. The van der Waals surface area contributed by atoms with Gasteiger partial charge in [0.1, 0.15) is 12.4 Å². The molecule has 0 bridgehead atoms. The minimum atomic E-state index is -0.348. The summed E-state index contributed by atoms with van der Waals surface area (Å²) in [6.07, 6.45) is 3.93. The normalized spacial score (nSPS) is 10.4. The van der Waals surface area contributed by atoms with Gasteiger partial charge in [-0.1, -0.05) is 18.2 Å². The Kier molecular flexibility index (Phi) is 11.0. The molecule has 124 valence electrons. The number of rotatable bonds is 13. The molecular weight excluding hydrogens is 284 g/mol. The summed E-state index contributed by atoms with van der Waals surface area (Å²) >= 11 is 0. The van der Waals surface area contributed by atoms with Crippen molar-refractivity contribution in [3.63, 3.8) is 0 Å². The molecule has 22 heavy (non-hydrogen) atoms. The number of ether oxygens (including phenoxy) is 4. The van der Waals surface area contributed by atoms with Crippen LogP contribution in [-0.2, 0) is 19.0 Å². The first-order valence-electron chi connectivity index (χ1n) is 7.73. The SMILES string of the molecule is COC(=O)COCCCOCCCCCOc1ccccc1. The Labute approximate surface area is 132 Å². The van der Waals surface area contributed by atoms with Gasteiger partial charge in [-0.3, -0.25) is 0 Å². The molecule has 0 atom stereocenters. The van der Waals surface area contributed by atoms with Crippen molar-refractivity contribution in [1.82, 2.24) is 0 Å². The van der Waals surface area contributed by atoms with Gasteiger partial charge in [-0.25, -0.2) is 4.79 Å². The summed E-state index contributed by atoms with van der Waals surface area (Å²) in [5.74, 6) is 0.573. The fraction of sp³-hybridized carbons (Fsp3) is 0.588. The first-order valence-corrected chi connectivity index (χ1v) is 7.73. The number of hydrogen-bond donors (Lipinski definition) is 0. The Balaban J connectivity index is 1.77. The summed E-state index contributed by atoms with van der Waals surface area (Å²) in [6, 6.07) is 9.84. The van der Waals surface area contributed by atoms with Crippen molar-refractivity contribution in [3.8, 4) is 5.75 Å². The lowest BCUT2D eigenvalue weighted by Gasteiger charge is -2.06. The van der Waals surface area contributed by atoms with E-state index in [0.29, 0.717) is 13.2 Å². The zero-order valence-corrected chi connectivity index (χ0v) is 13.3. The molecule has 1 rings (SSSR count). The Morgan fingerprint density at radius 1 is 0.864 bits per heavy atom. The summed E-state index contributed by atoms with van der Waals surface area (Å²) in [6.45, 7) is 2.67. The van der Waals surface area contributed by atoms with Gasteiger partial charge in [-0.15, -0.1) is 0 Å². The highest BCUT2D eigenvalue weighted by atomic mass is 16.6. The maximum Gasteiger partial charge on any atom is 0.331 e. The van der Waals surface area contributed by atoms with Crippen molar-refractivity contribution < 1.29 is 23.7 Å². The van der Waals surface area contributed by atoms with Crippen LogP contribution < -0.4 is 4.74 Å². The molecule has 0 fully saturated rings. The third-order valence-corrected chi connectivity index (χ3v) is 2.97. The smallest absolute Gasteiger partial charge is 0.331 e. The highest BCUT2D eigenvalue weighted by Crippen LogP contribution is 2.09. The van der Waals surface area contributed by atoms with E-state index >= 15 is 0 Å². The topological polar surface area (TPSA) is 54.0 Å². The summed E-state index contributed by atoms with van der Waals surface area (Å²) in [4.78, 5) is 10.8. The maximum atomic E-state index is 10.8. The van der Waals surface area contributed by atoms with Crippen LogP contribution in [0.15, 0.2) is 30.3 Å². The van der Waals surface area contributed by atoms with Crippen LogP contribution in [0.5, 0.6) is 5.75 Å². The van der Waals surface area contributed by atoms with Gasteiger partial charge in [0.05, 0.1) is 13.7 Å². The lowest BCUT2D eigenvalue weighted by atomic mass is 10.2. The predicted octanol–water partition coefficient (Wildman–Crippen LogP) is 2.83. The molecule has 0 saturated carbocycles. The second kappa shape index (κ2) is 13.1. The summed E-state index contributed by atoms with van der Waals surface area (Å²) < 4.78 is 20.7. The zero-order chi connectivity index (χ0) is 15.9. The lowest BCUT2D eigenvalue weighted by Crippen LogP contribution is -2.11. The van der Waals surface area contributed by atoms with E-state index in [9.17, 15) is 4.79 Å². The van der Waals surface area contributed by atoms with Gasteiger partial charge >= 0.3 is 5.97 Å². The zero-order valence-electron chi connectivity index (χ0n) is 13.3. The van der Waals surface area contributed by atoms with E-state index in [0.717, 1.165) is 44.6 Å². The molecule has 0 heterocycles. The van der Waals surface area contributed by atoms with Gasteiger partial charge in [0, 0.05) is 19.8 Å². The van der Waals surface area contributed by atoms with Crippen molar-refractivity contribution in [2.45, 2.75) is 25.7 Å². The van der Waals surface area contributed by atoms with Gasteiger partial charge in [0.2, 0.25) is 0 Å². The molecule has 0 N–H and O–H groups in total. The van der Waals surface area contributed by atoms with Crippen LogP contribution in [0.1, 0.15) is 25.7 Å². The van der Waals surface area contributed by atoms with Crippen LogP contribution in [0.4, 0.5) is 0 Å². The van der Waals surface area contributed by atoms with Crippen molar-refractivity contribution in [1.29, 1.82) is 0 Å². The highest BCUT2D eigenvalue weighted by Gasteiger charge is 1.99. The minimum absolute atomic E-state index is 0.0118. The van der Waals surface area contributed by atoms with Gasteiger partial charge < -0.3 is 18.9 Å². The van der Waals surface area contributed by atoms with Crippen molar-refractivity contribution in [2.24, 2.45) is 0 Å². The van der Waals surface area contributed by atoms with Crippen LogP contribution in [0.2, 0.25) is 0 Å². The number of unbranched alkanes of at least 4 members (excludes halogenated alkanes) is 2. The van der Waals surface area contributed by atoms with Crippen molar-refractivity contribution in [2.75, 3.05) is 40.1 Å². The van der Waals surface area contributed by atoms with Gasteiger partial charge in [-0.05, 0) is 37.8 Å². The second-order valence-corrected chi connectivity index (χ2v) is 4.82. The number of carbonyl (C=O) groups is 1. The average Bonchev–Trinajstić information content (AvgIpc) is 2.56. The first-order chi connectivity index (χ1) is 10.8. The maximum absolute atomic E-state index is 10.8. The first kappa shape index (κ1) is 18.5. The molecule has 0 unspecified atom stereocenters. The molecule has 0 aromatic heterocycles. The van der Waals surface area contributed by atoms with Gasteiger partial charge in [0.15, 0.2) is 0 Å². The summed E-state index contributed by atoms with van der Waals surface area (Å²) in [5, 5.41) is 0. The molecule has 0 amide bonds. The molecular formula is C17H26O5. The lowest BCUT2D eigenvalue weighted by molar-refractivity contribution is -0.146. The largest absolute Gasteiger partial charge is 0.494 e. The van der Waals surface area contributed by atoms with Crippen LogP contribution in [0.3, 0.4) is 0 Å². The molecule has 0 aliphatic carbocycles. The molecule has 1 aromatic rings. The van der Waals surface area contributed by atoms with Gasteiger partial charge in [-0.2, -0.15) is 0 Å². The van der Waals surface area contributed by atoms with E-state index in [1.54, 1.807) is 0 Å². The van der Waals surface area contributed by atoms with Gasteiger partial charge in [0.25, 0.3) is 0 Å². The number of benzene rings is 1. The minimum Gasteiger partial charge on any atom is -0.494 e. The van der Waals surface area contributed by atoms with E-state index in [1.165, 1.54) is 7.11 Å². The summed E-state index contributed by atoms with van der Waals surface area (Å²) in [5.41, 5.74) is 0. The van der Waals surface area contributed by atoms with Crippen LogP contribution in [0, 0.1) is 0 Å². The third kappa shape index (κ3) is 10.2. The van der Waals surface area contributed by atoms with E-state index in [2.05, 4.69) is 4.74 Å². The Bertz CT molecular complexity index is 380. The second-order valence-electron chi connectivity index (χ2n) is 4.82. The number of carbonyl (C=O) groups excluding carboxylic acids is 1. The van der Waals surface area contributed by atoms with E-state index < -0.39 is 0 Å². The van der Waals surface area contributed by atoms with E-state index in [4.69, 9.17) is 14.2 Å². The molecule has 0 aliphatic rings. The quantitative estimate of drug-likeness (QED) is 0.414. The Morgan fingerprint density at radius 3 is 2.32 bits per heavy atom. The molecule has 5 heteroatoms. The van der Waals surface area contributed by atoms with Crippen molar-refractivity contribution in [3.05, 3.63) is 30.3 Å². The Morgan fingerprint density at radius 2 is 1.55 bits per heavy atom. The fourth-order valence-electron chi connectivity index (χ4n) is 1.77. The van der Waals surface area contributed by atoms with Crippen LogP contribution in [-0.4, -0.2) is 46.1 Å². The summed E-state index contributed by atoms with van der Waals surface area (Å²) in [7, 11) is 1.35. The van der Waals surface area contributed by atoms with Crippen LogP contribution >= 0.6 is 0 Å². The fourth-order valence-corrected chi connectivity index (χ4v) is 1.77. The van der Waals surface area contributed by atoms with Crippen molar-refractivity contribution >= 4 is 5.97 Å². The molecule has 5 nitrogen and oxygen atoms in total. The molecule has 0 saturated heterocycles. The van der Waals surface area contributed by atoms with E-state index in [1.807, 2.05) is 30.3 Å². The average molecular weight is 310 g/mol. The number of para-hydroxylation sites is 1. The third-order valence-electron chi connectivity index (χ3n) is 2.97. The standard InChI is InChI=1S/C17H26O5/c1-19-17(18)15-21-13-8-12-20-11-6-3-7-14-22-16-9-4-2-5-10-16/h2,4-5,9-10H,3,6-8,11-15H2,1H3. The molecule has 0 radical (unpaired) electrons. The highest BCUT2D eigenvalue weighted by molar-refractivity contribution is 5.70. The predicted molar refractivity (Wildman–Crippen MR) is 84.1 cm³/mol. The molecule has 1 aromatic carbocycles.